The minimum atomic E-state index is 0.566. The highest BCUT2D eigenvalue weighted by atomic mass is 32.2. The summed E-state index contributed by atoms with van der Waals surface area (Å²) in [5.74, 6) is 0. The molecule has 1 N–H and O–H groups in total. The minimum absolute atomic E-state index is 0.566. The van der Waals surface area contributed by atoms with E-state index < -0.39 is 0 Å². The van der Waals surface area contributed by atoms with Crippen LogP contribution in [0.1, 0.15) is 24.0 Å². The zero-order valence-electron chi connectivity index (χ0n) is 11.3. The van der Waals surface area contributed by atoms with Crippen molar-refractivity contribution in [3.8, 4) is 0 Å². The van der Waals surface area contributed by atoms with Gasteiger partial charge in [0, 0.05) is 37.1 Å². The van der Waals surface area contributed by atoms with Crippen LogP contribution in [0.4, 0.5) is 5.69 Å². The number of likely N-dealkylation sites (N-methyl/N-ethyl adjacent to an activating group) is 1. The average molecular weight is 262 g/mol. The van der Waals surface area contributed by atoms with Crippen LogP contribution in [0, 0.1) is 0 Å². The van der Waals surface area contributed by atoms with Gasteiger partial charge >= 0.3 is 0 Å². The second-order valence-corrected chi connectivity index (χ2v) is 6.90. The van der Waals surface area contributed by atoms with Gasteiger partial charge in [-0.25, -0.2) is 0 Å². The van der Waals surface area contributed by atoms with Crippen LogP contribution in [0.15, 0.2) is 18.2 Å². The maximum atomic E-state index is 3.62. The van der Waals surface area contributed by atoms with Gasteiger partial charge in [-0.1, -0.05) is 12.1 Å². The highest BCUT2D eigenvalue weighted by Gasteiger charge is 2.41. The lowest BCUT2D eigenvalue weighted by atomic mass is 10.1. The van der Waals surface area contributed by atoms with Crippen LogP contribution in [0.2, 0.25) is 0 Å². The van der Waals surface area contributed by atoms with Gasteiger partial charge in [-0.15, -0.1) is 0 Å². The molecule has 1 aromatic carbocycles. The number of nitrogens with one attached hydrogen (secondary N) is 1. The third-order valence-corrected chi connectivity index (χ3v) is 5.71. The molecule has 1 aliphatic heterocycles. The molecule has 18 heavy (non-hydrogen) atoms. The lowest BCUT2D eigenvalue weighted by molar-refractivity contribution is 0.663. The second-order valence-electron chi connectivity index (χ2n) is 5.63. The van der Waals surface area contributed by atoms with Crippen molar-refractivity contribution in [3.05, 3.63) is 29.3 Å². The smallest absolute Gasteiger partial charge is 0.0397 e. The maximum Gasteiger partial charge on any atom is 0.0397 e. The summed E-state index contributed by atoms with van der Waals surface area (Å²) < 4.78 is 0.566. The Morgan fingerprint density at radius 3 is 2.94 bits per heavy atom. The Morgan fingerprint density at radius 2 is 2.22 bits per heavy atom. The van der Waals surface area contributed by atoms with Gasteiger partial charge in [-0.3, -0.25) is 0 Å². The van der Waals surface area contributed by atoms with E-state index in [9.17, 15) is 0 Å². The van der Waals surface area contributed by atoms with Crippen LogP contribution >= 0.6 is 11.8 Å². The summed E-state index contributed by atoms with van der Waals surface area (Å²) in [7, 11) is 2.18. The Bertz CT molecular complexity index is 440. The van der Waals surface area contributed by atoms with Crippen LogP contribution in [0.5, 0.6) is 0 Å². The fraction of sp³-hybridized carbons (Fsp3) is 0.600. The van der Waals surface area contributed by atoms with E-state index in [1.54, 1.807) is 0 Å². The largest absolute Gasteiger partial charge is 0.374 e. The summed E-state index contributed by atoms with van der Waals surface area (Å²) in [5.41, 5.74) is 4.37. The summed E-state index contributed by atoms with van der Waals surface area (Å²) in [5, 5.41) is 3.62. The fourth-order valence-corrected chi connectivity index (χ4v) is 3.51. The minimum Gasteiger partial charge on any atom is -0.374 e. The van der Waals surface area contributed by atoms with Crippen LogP contribution < -0.4 is 10.2 Å². The van der Waals surface area contributed by atoms with E-state index in [4.69, 9.17) is 0 Å². The first kappa shape index (κ1) is 12.4. The van der Waals surface area contributed by atoms with E-state index in [0.29, 0.717) is 4.75 Å². The molecule has 1 aliphatic carbocycles. The molecular formula is C15H22N2S. The molecule has 0 atom stereocenters. The number of benzene rings is 1. The molecule has 1 heterocycles. The molecule has 0 saturated heterocycles. The van der Waals surface area contributed by atoms with Crippen molar-refractivity contribution < 1.29 is 0 Å². The van der Waals surface area contributed by atoms with E-state index in [-0.39, 0.29) is 0 Å². The van der Waals surface area contributed by atoms with Gasteiger partial charge in [-0.05, 0) is 42.7 Å². The Balaban J connectivity index is 1.57. The van der Waals surface area contributed by atoms with Gasteiger partial charge in [0.2, 0.25) is 0 Å². The molecular weight excluding hydrogens is 240 g/mol. The summed E-state index contributed by atoms with van der Waals surface area (Å²) in [6.45, 7) is 3.34. The predicted octanol–water partition coefficient (Wildman–Crippen LogP) is 2.66. The average Bonchev–Trinajstić information content (AvgIpc) is 3.08. The molecule has 2 aliphatic rings. The Labute approximate surface area is 114 Å². The van der Waals surface area contributed by atoms with Crippen molar-refractivity contribution in [2.45, 2.75) is 30.6 Å². The van der Waals surface area contributed by atoms with E-state index in [1.165, 1.54) is 42.6 Å². The quantitative estimate of drug-likeness (QED) is 0.878. The Morgan fingerprint density at radius 1 is 1.39 bits per heavy atom. The zero-order valence-corrected chi connectivity index (χ0v) is 12.1. The van der Waals surface area contributed by atoms with E-state index in [1.807, 2.05) is 11.8 Å². The van der Waals surface area contributed by atoms with Gasteiger partial charge in [0.05, 0.1) is 0 Å². The number of hydrogen-bond donors (Lipinski definition) is 1. The first-order valence-corrected chi connectivity index (χ1v) is 8.04. The molecule has 1 aromatic rings. The molecule has 0 bridgehead atoms. The highest BCUT2D eigenvalue weighted by Crippen LogP contribution is 2.46. The maximum absolute atomic E-state index is 3.62. The predicted molar refractivity (Wildman–Crippen MR) is 80.6 cm³/mol. The van der Waals surface area contributed by atoms with Gasteiger partial charge < -0.3 is 10.2 Å². The third kappa shape index (κ3) is 2.39. The molecule has 1 fully saturated rings. The molecule has 3 heteroatoms. The van der Waals surface area contributed by atoms with Crippen molar-refractivity contribution in [1.82, 2.24) is 5.32 Å². The molecule has 0 aromatic heterocycles. The lowest BCUT2D eigenvalue weighted by Crippen LogP contribution is -2.25. The van der Waals surface area contributed by atoms with Crippen molar-refractivity contribution in [2.75, 3.05) is 31.3 Å². The van der Waals surface area contributed by atoms with E-state index in [0.717, 1.165) is 13.1 Å². The summed E-state index contributed by atoms with van der Waals surface area (Å²) in [6.07, 6.45) is 6.21. The molecule has 0 unspecified atom stereocenters. The number of fused-ring (bicyclic) bond motifs is 1. The van der Waals surface area contributed by atoms with Crippen molar-refractivity contribution in [3.63, 3.8) is 0 Å². The number of nitrogens with zero attached hydrogens (tertiary/aromatic N) is 1. The number of hydrogen-bond acceptors (Lipinski definition) is 3. The Hall–Kier alpha value is -0.670. The van der Waals surface area contributed by atoms with Gasteiger partial charge in [0.1, 0.15) is 0 Å². The molecule has 0 amide bonds. The van der Waals surface area contributed by atoms with Crippen molar-refractivity contribution in [2.24, 2.45) is 0 Å². The topological polar surface area (TPSA) is 15.3 Å². The molecule has 0 radical (unpaired) electrons. The first-order chi connectivity index (χ1) is 8.72. The van der Waals surface area contributed by atoms with Crippen LogP contribution in [-0.2, 0) is 13.0 Å². The zero-order chi connectivity index (χ0) is 12.6. The third-order valence-electron chi connectivity index (χ3n) is 4.29. The van der Waals surface area contributed by atoms with Crippen molar-refractivity contribution in [1.29, 1.82) is 0 Å². The molecule has 3 rings (SSSR count). The SMILES string of the molecule is CSC1(CNCc2ccc3c(c2)CCN3C)CC1. The fourth-order valence-electron chi connectivity index (χ4n) is 2.76. The molecule has 2 nitrogen and oxygen atoms in total. The van der Waals surface area contributed by atoms with Gasteiger partial charge in [-0.2, -0.15) is 11.8 Å². The first-order valence-electron chi connectivity index (χ1n) is 6.81. The molecule has 98 valence electrons. The highest BCUT2D eigenvalue weighted by molar-refractivity contribution is 8.00. The van der Waals surface area contributed by atoms with Crippen LogP contribution in [0.25, 0.3) is 0 Å². The second kappa shape index (κ2) is 4.78. The lowest BCUT2D eigenvalue weighted by Gasteiger charge is -2.14. The summed E-state index contributed by atoms with van der Waals surface area (Å²) >= 11 is 2.02. The van der Waals surface area contributed by atoms with Crippen LogP contribution in [-0.4, -0.2) is 31.1 Å². The number of anilines is 1. The number of thioether (sulfide) groups is 1. The normalized spacial score (nSPS) is 20.0. The summed E-state index contributed by atoms with van der Waals surface area (Å²) in [6, 6.07) is 6.93. The monoisotopic (exact) mass is 262 g/mol. The molecule has 1 saturated carbocycles. The van der Waals surface area contributed by atoms with Gasteiger partial charge in [0.25, 0.3) is 0 Å². The Kier molecular flexibility index (Phi) is 3.29. The number of rotatable bonds is 5. The van der Waals surface area contributed by atoms with Gasteiger partial charge in [0.15, 0.2) is 0 Å². The van der Waals surface area contributed by atoms with E-state index >= 15 is 0 Å². The van der Waals surface area contributed by atoms with Crippen LogP contribution in [0.3, 0.4) is 0 Å². The van der Waals surface area contributed by atoms with E-state index in [2.05, 4.69) is 41.7 Å². The van der Waals surface area contributed by atoms with Crippen molar-refractivity contribution >= 4 is 17.4 Å². The standard InChI is InChI=1S/C15H22N2S/c1-17-8-5-13-9-12(3-4-14(13)17)10-16-11-15(18-2)6-7-15/h3-4,9,16H,5-8,10-11H2,1-2H3. The molecule has 0 spiro atoms. The summed E-state index contributed by atoms with van der Waals surface area (Å²) in [4.78, 5) is 2.35.